The molecule has 0 unspecified atom stereocenters. The molecule has 27 heavy (non-hydrogen) atoms. The predicted molar refractivity (Wildman–Crippen MR) is 104 cm³/mol. The average Bonchev–Trinajstić information content (AvgIpc) is 3.26. The van der Waals surface area contributed by atoms with Crippen molar-refractivity contribution < 1.29 is 8.42 Å². The van der Waals surface area contributed by atoms with E-state index >= 15 is 0 Å². The van der Waals surface area contributed by atoms with Crippen LogP contribution >= 0.6 is 0 Å². The molecule has 0 amide bonds. The van der Waals surface area contributed by atoms with E-state index < -0.39 is 10.0 Å². The molecule has 0 atom stereocenters. The molecule has 0 fully saturated rings. The zero-order chi connectivity index (χ0) is 19.0. The highest BCUT2D eigenvalue weighted by Gasteiger charge is 2.25. The van der Waals surface area contributed by atoms with Crippen LogP contribution in [0.15, 0.2) is 47.5 Å². The molecular formula is C20H24N4O2S. The highest BCUT2D eigenvalue weighted by atomic mass is 32.2. The van der Waals surface area contributed by atoms with E-state index in [0.717, 1.165) is 25.1 Å². The molecule has 2 aromatic heterocycles. The summed E-state index contributed by atoms with van der Waals surface area (Å²) in [5.74, 6) is 1.29. The standard InChI is InChI=1S/C20H24N4O2S/c1-3-23(4-2)27(25,26)18-9-10-19-21-22-20(24(19)14-18)13-15-11-16-7-5-6-8-17(16)12-15/h5-10,14-15H,3-4,11-13H2,1-2H3. The van der Waals surface area contributed by atoms with Gasteiger partial charge in [0.05, 0.1) is 4.90 Å². The maximum absolute atomic E-state index is 12.8. The Morgan fingerprint density at radius 3 is 2.33 bits per heavy atom. The van der Waals surface area contributed by atoms with Gasteiger partial charge in [0.2, 0.25) is 10.0 Å². The van der Waals surface area contributed by atoms with Crippen molar-refractivity contribution >= 4 is 15.7 Å². The minimum absolute atomic E-state index is 0.287. The Morgan fingerprint density at radius 1 is 1.04 bits per heavy atom. The Hall–Kier alpha value is -2.25. The fourth-order valence-electron chi connectivity index (χ4n) is 3.98. The van der Waals surface area contributed by atoms with E-state index in [9.17, 15) is 8.42 Å². The number of hydrogen-bond donors (Lipinski definition) is 0. The molecule has 0 saturated heterocycles. The second kappa shape index (κ2) is 7.05. The van der Waals surface area contributed by atoms with Gasteiger partial charge in [-0.05, 0) is 42.0 Å². The number of benzene rings is 1. The number of fused-ring (bicyclic) bond motifs is 2. The van der Waals surface area contributed by atoms with Gasteiger partial charge in [0, 0.05) is 25.7 Å². The van der Waals surface area contributed by atoms with Crippen LogP contribution in [0.5, 0.6) is 0 Å². The van der Waals surface area contributed by atoms with Gasteiger partial charge in [-0.25, -0.2) is 8.42 Å². The molecule has 2 heterocycles. The third kappa shape index (κ3) is 3.26. The molecular weight excluding hydrogens is 360 g/mol. The zero-order valence-electron chi connectivity index (χ0n) is 15.7. The van der Waals surface area contributed by atoms with Crippen LogP contribution in [0, 0.1) is 5.92 Å². The SMILES string of the molecule is CCN(CC)S(=O)(=O)c1ccc2nnc(CC3Cc4ccccc4C3)n2c1. The predicted octanol–water partition coefficient (Wildman–Crippen LogP) is 2.72. The second-order valence-electron chi connectivity index (χ2n) is 7.05. The summed E-state index contributed by atoms with van der Waals surface area (Å²) in [5.41, 5.74) is 3.49. The second-order valence-corrected chi connectivity index (χ2v) is 8.98. The number of pyridine rings is 1. The maximum Gasteiger partial charge on any atom is 0.244 e. The van der Waals surface area contributed by atoms with Crippen LogP contribution in [0.3, 0.4) is 0 Å². The topological polar surface area (TPSA) is 67.6 Å². The molecule has 7 heteroatoms. The fraction of sp³-hybridized carbons (Fsp3) is 0.400. The van der Waals surface area contributed by atoms with Gasteiger partial charge in [-0.3, -0.25) is 4.40 Å². The molecule has 1 aliphatic carbocycles. The lowest BCUT2D eigenvalue weighted by Gasteiger charge is -2.18. The lowest BCUT2D eigenvalue weighted by Crippen LogP contribution is -2.30. The van der Waals surface area contributed by atoms with Crippen molar-refractivity contribution in [2.24, 2.45) is 5.92 Å². The van der Waals surface area contributed by atoms with Crippen molar-refractivity contribution in [2.75, 3.05) is 13.1 Å². The third-order valence-electron chi connectivity index (χ3n) is 5.40. The van der Waals surface area contributed by atoms with Crippen LogP contribution in [0.4, 0.5) is 0 Å². The summed E-state index contributed by atoms with van der Waals surface area (Å²) in [5, 5.41) is 8.56. The summed E-state index contributed by atoms with van der Waals surface area (Å²) in [7, 11) is -3.50. The summed E-state index contributed by atoms with van der Waals surface area (Å²) in [6, 6.07) is 11.9. The molecule has 1 aromatic carbocycles. The molecule has 142 valence electrons. The molecule has 3 aromatic rings. The van der Waals surface area contributed by atoms with Crippen LogP contribution in [-0.4, -0.2) is 40.4 Å². The Bertz CT molecular complexity index is 1050. The number of hydrogen-bond acceptors (Lipinski definition) is 4. The van der Waals surface area contributed by atoms with Crippen molar-refractivity contribution in [3.8, 4) is 0 Å². The Labute approximate surface area is 159 Å². The largest absolute Gasteiger partial charge is 0.285 e. The average molecular weight is 385 g/mol. The Kier molecular flexibility index (Phi) is 4.74. The molecule has 4 rings (SSSR count). The van der Waals surface area contributed by atoms with E-state index in [1.165, 1.54) is 15.4 Å². The van der Waals surface area contributed by atoms with Gasteiger partial charge in [0.15, 0.2) is 5.65 Å². The number of rotatable bonds is 6. The molecule has 0 radical (unpaired) electrons. The molecule has 0 bridgehead atoms. The minimum atomic E-state index is -3.50. The first-order valence-electron chi connectivity index (χ1n) is 9.43. The van der Waals surface area contributed by atoms with E-state index in [-0.39, 0.29) is 4.90 Å². The van der Waals surface area contributed by atoms with Gasteiger partial charge in [-0.15, -0.1) is 10.2 Å². The Balaban J connectivity index is 1.64. The van der Waals surface area contributed by atoms with E-state index in [4.69, 9.17) is 0 Å². The normalized spacial score (nSPS) is 14.9. The highest BCUT2D eigenvalue weighted by molar-refractivity contribution is 7.89. The van der Waals surface area contributed by atoms with Crippen LogP contribution in [0.1, 0.15) is 30.8 Å². The van der Waals surface area contributed by atoms with E-state index in [1.807, 2.05) is 18.2 Å². The van der Waals surface area contributed by atoms with E-state index in [2.05, 4.69) is 34.5 Å². The van der Waals surface area contributed by atoms with Gasteiger partial charge in [0.25, 0.3) is 0 Å². The van der Waals surface area contributed by atoms with Crippen molar-refractivity contribution in [3.05, 3.63) is 59.5 Å². The summed E-state index contributed by atoms with van der Waals surface area (Å²) in [4.78, 5) is 0.287. The summed E-state index contributed by atoms with van der Waals surface area (Å²) in [6.45, 7) is 4.60. The lowest BCUT2D eigenvalue weighted by atomic mass is 10.0. The third-order valence-corrected chi connectivity index (χ3v) is 7.43. The molecule has 0 saturated carbocycles. The first-order valence-corrected chi connectivity index (χ1v) is 10.9. The highest BCUT2D eigenvalue weighted by Crippen LogP contribution is 2.29. The van der Waals surface area contributed by atoms with Gasteiger partial charge in [-0.1, -0.05) is 38.1 Å². The van der Waals surface area contributed by atoms with Crippen LogP contribution in [0.2, 0.25) is 0 Å². The molecule has 6 nitrogen and oxygen atoms in total. The fourth-order valence-corrected chi connectivity index (χ4v) is 5.43. The zero-order valence-corrected chi connectivity index (χ0v) is 16.5. The lowest BCUT2D eigenvalue weighted by molar-refractivity contribution is 0.445. The smallest absolute Gasteiger partial charge is 0.244 e. The Morgan fingerprint density at radius 2 is 1.70 bits per heavy atom. The van der Waals surface area contributed by atoms with Crippen molar-refractivity contribution in [3.63, 3.8) is 0 Å². The molecule has 0 aliphatic heterocycles. The van der Waals surface area contributed by atoms with Gasteiger partial charge in [-0.2, -0.15) is 4.31 Å². The summed E-state index contributed by atoms with van der Waals surface area (Å²) < 4.78 is 29.0. The summed E-state index contributed by atoms with van der Waals surface area (Å²) >= 11 is 0. The van der Waals surface area contributed by atoms with Gasteiger partial charge < -0.3 is 0 Å². The molecule has 0 N–H and O–H groups in total. The van der Waals surface area contributed by atoms with Crippen LogP contribution in [0.25, 0.3) is 5.65 Å². The van der Waals surface area contributed by atoms with Crippen molar-refractivity contribution in [1.29, 1.82) is 0 Å². The van der Waals surface area contributed by atoms with Gasteiger partial charge in [0.1, 0.15) is 5.82 Å². The maximum atomic E-state index is 12.8. The van der Waals surface area contributed by atoms with E-state index in [0.29, 0.717) is 24.7 Å². The van der Waals surface area contributed by atoms with Crippen molar-refractivity contribution in [1.82, 2.24) is 18.9 Å². The van der Waals surface area contributed by atoms with Gasteiger partial charge >= 0.3 is 0 Å². The quantitative estimate of drug-likeness (QED) is 0.655. The van der Waals surface area contributed by atoms with Crippen LogP contribution < -0.4 is 0 Å². The number of sulfonamides is 1. The first-order chi connectivity index (χ1) is 13.0. The van der Waals surface area contributed by atoms with E-state index in [1.54, 1.807) is 18.3 Å². The first kappa shape index (κ1) is 18.1. The molecule has 0 spiro atoms. The number of nitrogens with zero attached hydrogens (tertiary/aromatic N) is 4. The minimum Gasteiger partial charge on any atom is -0.285 e. The van der Waals surface area contributed by atoms with Crippen molar-refractivity contribution in [2.45, 2.75) is 38.0 Å². The van der Waals surface area contributed by atoms with Crippen LogP contribution in [-0.2, 0) is 29.3 Å². The monoisotopic (exact) mass is 384 g/mol. The number of aromatic nitrogens is 3. The molecule has 1 aliphatic rings. The summed E-state index contributed by atoms with van der Waals surface area (Å²) in [6.07, 6.45) is 4.51.